The predicted octanol–water partition coefficient (Wildman–Crippen LogP) is 2.81. The van der Waals surface area contributed by atoms with Crippen LogP contribution in [-0.2, 0) is 6.42 Å². The fourth-order valence-corrected chi connectivity index (χ4v) is 3.30. The fourth-order valence-electron chi connectivity index (χ4n) is 2.16. The molecular formula is C13H12N2O2S. The van der Waals surface area contributed by atoms with E-state index in [0.717, 1.165) is 12.0 Å². The van der Waals surface area contributed by atoms with Crippen molar-refractivity contribution >= 4 is 17.7 Å². The Morgan fingerprint density at radius 2 is 2.33 bits per heavy atom. The van der Waals surface area contributed by atoms with Crippen LogP contribution in [-0.4, -0.2) is 26.5 Å². The zero-order valence-electron chi connectivity index (χ0n) is 9.80. The molecule has 5 heteroatoms. The third kappa shape index (κ3) is 1.90. The van der Waals surface area contributed by atoms with Crippen molar-refractivity contribution < 1.29 is 9.90 Å². The Kier molecular flexibility index (Phi) is 2.63. The lowest BCUT2D eigenvalue weighted by molar-refractivity contribution is 0.0690. The molecular weight excluding hydrogens is 248 g/mol. The van der Waals surface area contributed by atoms with Gasteiger partial charge in [0.15, 0.2) is 0 Å². The molecule has 0 saturated carbocycles. The summed E-state index contributed by atoms with van der Waals surface area (Å²) in [6.45, 7) is 2.21. The quantitative estimate of drug-likeness (QED) is 0.871. The smallest absolute Gasteiger partial charge is 0.353 e. The molecule has 1 unspecified atom stereocenters. The van der Waals surface area contributed by atoms with Crippen molar-refractivity contribution in [1.29, 1.82) is 0 Å². The summed E-state index contributed by atoms with van der Waals surface area (Å²) in [5.41, 5.74) is 3.09. The summed E-state index contributed by atoms with van der Waals surface area (Å²) in [7, 11) is 0. The molecule has 18 heavy (non-hydrogen) atoms. The van der Waals surface area contributed by atoms with Crippen LogP contribution in [0.3, 0.4) is 0 Å². The number of hydrogen-bond acceptors (Lipinski definition) is 3. The first kappa shape index (κ1) is 11.3. The number of nitrogens with one attached hydrogen (secondary N) is 1. The molecule has 0 fully saturated rings. The number of fused-ring (bicyclic) bond motifs is 1. The number of H-pyrrole nitrogens is 1. The second-order valence-corrected chi connectivity index (χ2v) is 5.91. The average molecular weight is 260 g/mol. The van der Waals surface area contributed by atoms with Gasteiger partial charge in [-0.3, -0.25) is 5.10 Å². The van der Waals surface area contributed by atoms with Crippen molar-refractivity contribution in [2.75, 3.05) is 0 Å². The topological polar surface area (TPSA) is 66.0 Å². The number of carboxylic acids is 1. The summed E-state index contributed by atoms with van der Waals surface area (Å²) in [4.78, 5) is 12.1. The van der Waals surface area contributed by atoms with E-state index in [1.54, 1.807) is 6.07 Å². The van der Waals surface area contributed by atoms with Crippen LogP contribution in [0.15, 0.2) is 29.2 Å². The van der Waals surface area contributed by atoms with E-state index in [2.05, 4.69) is 29.3 Å². The Labute approximate surface area is 108 Å². The van der Waals surface area contributed by atoms with E-state index in [0.29, 0.717) is 10.9 Å². The molecule has 3 rings (SSSR count). The molecule has 4 nitrogen and oxygen atoms in total. The third-order valence-electron chi connectivity index (χ3n) is 3.00. The van der Waals surface area contributed by atoms with Gasteiger partial charge in [0, 0.05) is 15.7 Å². The normalized spacial score (nSPS) is 17.7. The highest BCUT2D eigenvalue weighted by atomic mass is 32.2. The summed E-state index contributed by atoms with van der Waals surface area (Å²) < 4.78 is 0. The first-order valence-electron chi connectivity index (χ1n) is 5.72. The Morgan fingerprint density at radius 1 is 1.50 bits per heavy atom. The molecule has 1 aromatic heterocycles. The average Bonchev–Trinajstić information content (AvgIpc) is 2.91. The van der Waals surface area contributed by atoms with Crippen molar-refractivity contribution in [3.05, 3.63) is 35.5 Å². The highest BCUT2D eigenvalue weighted by Gasteiger charge is 2.19. The Balaban J connectivity index is 1.97. The Morgan fingerprint density at radius 3 is 3.06 bits per heavy atom. The molecule has 1 atom stereocenters. The summed E-state index contributed by atoms with van der Waals surface area (Å²) in [6.07, 6.45) is 1.06. The van der Waals surface area contributed by atoms with E-state index >= 15 is 0 Å². The highest BCUT2D eigenvalue weighted by molar-refractivity contribution is 8.00. The van der Waals surface area contributed by atoms with Crippen LogP contribution in [0.1, 0.15) is 23.0 Å². The molecule has 0 spiro atoms. The van der Waals surface area contributed by atoms with Crippen LogP contribution in [0.4, 0.5) is 0 Å². The molecule has 0 bridgehead atoms. The minimum Gasteiger partial charge on any atom is -0.477 e. The fraction of sp³-hybridized carbons (Fsp3) is 0.231. The van der Waals surface area contributed by atoms with Crippen LogP contribution < -0.4 is 0 Å². The first-order valence-corrected chi connectivity index (χ1v) is 6.60. The van der Waals surface area contributed by atoms with Gasteiger partial charge in [0.05, 0.1) is 5.69 Å². The zero-order valence-corrected chi connectivity index (χ0v) is 10.6. The van der Waals surface area contributed by atoms with Crippen molar-refractivity contribution in [2.24, 2.45) is 0 Å². The Hall–Kier alpha value is -1.75. The van der Waals surface area contributed by atoms with Crippen LogP contribution in [0.5, 0.6) is 0 Å². The lowest BCUT2D eigenvalue weighted by atomic mass is 10.0. The van der Waals surface area contributed by atoms with Gasteiger partial charge in [-0.05, 0) is 30.2 Å². The van der Waals surface area contributed by atoms with Gasteiger partial charge < -0.3 is 5.11 Å². The van der Waals surface area contributed by atoms with Crippen molar-refractivity contribution in [3.63, 3.8) is 0 Å². The molecule has 0 amide bonds. The van der Waals surface area contributed by atoms with Gasteiger partial charge in [0.25, 0.3) is 0 Å². The van der Waals surface area contributed by atoms with Gasteiger partial charge in [-0.15, -0.1) is 11.8 Å². The maximum Gasteiger partial charge on any atom is 0.353 e. The van der Waals surface area contributed by atoms with Gasteiger partial charge >= 0.3 is 5.97 Å². The molecule has 2 N–H and O–H groups in total. The molecule has 0 saturated heterocycles. The number of carbonyl (C=O) groups is 1. The maximum absolute atomic E-state index is 10.8. The second-order valence-electron chi connectivity index (χ2n) is 4.43. The lowest BCUT2D eigenvalue weighted by Crippen LogP contribution is -1.95. The maximum atomic E-state index is 10.8. The standard InChI is InChI=1S/C13H12N2O2S/c1-7-4-9-5-8(2-3-12(9)18-7)10-6-11(13(16)17)15-14-10/h2-3,5-7H,4H2,1H3,(H,14,15)(H,16,17). The minimum atomic E-state index is -0.987. The number of nitrogens with zero attached hydrogens (tertiary/aromatic N) is 1. The highest BCUT2D eigenvalue weighted by Crippen LogP contribution is 2.38. The number of benzene rings is 1. The van der Waals surface area contributed by atoms with E-state index in [1.807, 2.05) is 17.8 Å². The van der Waals surface area contributed by atoms with Crippen molar-refractivity contribution in [1.82, 2.24) is 10.2 Å². The molecule has 0 aliphatic carbocycles. The number of aromatic amines is 1. The summed E-state index contributed by atoms with van der Waals surface area (Å²) in [5.74, 6) is -0.987. The molecule has 1 aliphatic heterocycles. The number of aromatic nitrogens is 2. The minimum absolute atomic E-state index is 0.119. The number of hydrogen-bond donors (Lipinski definition) is 2. The van der Waals surface area contributed by atoms with E-state index in [9.17, 15) is 4.79 Å². The molecule has 1 aliphatic rings. The zero-order chi connectivity index (χ0) is 12.7. The lowest BCUT2D eigenvalue weighted by Gasteiger charge is -2.00. The summed E-state index contributed by atoms with van der Waals surface area (Å²) in [5, 5.41) is 16.0. The van der Waals surface area contributed by atoms with Crippen LogP contribution in [0.2, 0.25) is 0 Å². The number of thioether (sulfide) groups is 1. The predicted molar refractivity (Wildman–Crippen MR) is 70.0 cm³/mol. The van der Waals surface area contributed by atoms with Crippen molar-refractivity contribution in [2.45, 2.75) is 23.5 Å². The number of aromatic carboxylic acids is 1. The third-order valence-corrected chi connectivity index (χ3v) is 4.22. The molecule has 92 valence electrons. The molecule has 2 heterocycles. The van der Waals surface area contributed by atoms with Crippen molar-refractivity contribution in [3.8, 4) is 11.3 Å². The molecule has 0 radical (unpaired) electrons. The van der Waals surface area contributed by atoms with Gasteiger partial charge in [-0.1, -0.05) is 13.0 Å². The summed E-state index contributed by atoms with van der Waals surface area (Å²) >= 11 is 1.88. The largest absolute Gasteiger partial charge is 0.477 e. The van der Waals surface area contributed by atoms with Gasteiger partial charge in [0.2, 0.25) is 0 Å². The van der Waals surface area contributed by atoms with Crippen LogP contribution >= 0.6 is 11.8 Å². The van der Waals surface area contributed by atoms with E-state index in [-0.39, 0.29) is 5.69 Å². The summed E-state index contributed by atoms with van der Waals surface area (Å²) in [6, 6.07) is 7.75. The van der Waals surface area contributed by atoms with Gasteiger partial charge in [-0.25, -0.2) is 4.79 Å². The SMILES string of the molecule is CC1Cc2cc(-c3cc(C(=O)O)[nH]n3)ccc2S1. The van der Waals surface area contributed by atoms with Gasteiger partial charge in [0.1, 0.15) is 5.69 Å². The number of rotatable bonds is 2. The molecule has 2 aromatic rings. The van der Waals surface area contributed by atoms with Crippen LogP contribution in [0.25, 0.3) is 11.3 Å². The van der Waals surface area contributed by atoms with E-state index in [1.165, 1.54) is 10.5 Å². The van der Waals surface area contributed by atoms with E-state index in [4.69, 9.17) is 5.11 Å². The van der Waals surface area contributed by atoms with Crippen LogP contribution in [0, 0.1) is 0 Å². The monoisotopic (exact) mass is 260 g/mol. The first-order chi connectivity index (χ1) is 8.63. The number of carboxylic acid groups (broad SMARTS) is 1. The van der Waals surface area contributed by atoms with E-state index < -0.39 is 5.97 Å². The Bertz CT molecular complexity index is 621. The second kappa shape index (κ2) is 4.17. The molecule has 1 aromatic carbocycles. The van der Waals surface area contributed by atoms with Gasteiger partial charge in [-0.2, -0.15) is 5.10 Å².